The molecule has 2 atom stereocenters. The van der Waals surface area contributed by atoms with Crippen molar-refractivity contribution in [3.05, 3.63) is 23.8 Å². The van der Waals surface area contributed by atoms with Crippen molar-refractivity contribution in [2.45, 2.75) is 30.7 Å². The number of carbonyl (C=O) groups excluding carboxylic acids is 2. The van der Waals surface area contributed by atoms with Crippen molar-refractivity contribution in [3.63, 3.8) is 0 Å². The third kappa shape index (κ3) is 2.87. The van der Waals surface area contributed by atoms with E-state index in [1.807, 2.05) is 6.92 Å². The average Bonchev–Trinajstić information content (AvgIpc) is 3.11. The van der Waals surface area contributed by atoms with Gasteiger partial charge in [-0.25, -0.2) is 13.2 Å². The van der Waals surface area contributed by atoms with E-state index in [2.05, 4.69) is 10.6 Å². The number of urea groups is 1. The van der Waals surface area contributed by atoms with Gasteiger partial charge >= 0.3 is 6.03 Å². The molecule has 25 heavy (non-hydrogen) atoms. The number of hydrogen-bond acceptors (Lipinski definition) is 5. The lowest BCUT2D eigenvalue weighted by Crippen LogP contribution is -2.41. The Hall–Kier alpha value is -2.13. The molecular weight excluding hydrogens is 346 g/mol. The van der Waals surface area contributed by atoms with Crippen molar-refractivity contribution in [2.75, 3.05) is 20.2 Å². The third-order valence-corrected chi connectivity index (χ3v) is 6.64. The van der Waals surface area contributed by atoms with E-state index in [0.717, 1.165) is 6.42 Å². The number of hydrogen-bond donors (Lipinski definition) is 2. The molecule has 1 aromatic carbocycles. The summed E-state index contributed by atoms with van der Waals surface area (Å²) in [7, 11) is -2.25. The summed E-state index contributed by atoms with van der Waals surface area (Å²) < 4.78 is 32.5. The predicted molar refractivity (Wildman–Crippen MR) is 89.6 cm³/mol. The lowest BCUT2D eigenvalue weighted by atomic mass is 9.91. The second-order valence-electron chi connectivity index (χ2n) is 6.65. The number of rotatable bonds is 4. The van der Waals surface area contributed by atoms with Gasteiger partial charge in [0.1, 0.15) is 11.3 Å². The quantitative estimate of drug-likeness (QED) is 0.765. The highest BCUT2D eigenvalue weighted by Gasteiger charge is 2.46. The molecule has 0 radical (unpaired) electrons. The summed E-state index contributed by atoms with van der Waals surface area (Å²) in [5.74, 6) is 0.0821. The number of ether oxygens (including phenoxy) is 1. The van der Waals surface area contributed by atoms with E-state index in [4.69, 9.17) is 4.74 Å². The van der Waals surface area contributed by atoms with Gasteiger partial charge in [0, 0.05) is 18.7 Å². The van der Waals surface area contributed by atoms with Gasteiger partial charge in [-0.3, -0.25) is 10.1 Å². The number of benzene rings is 1. The summed E-state index contributed by atoms with van der Waals surface area (Å²) in [4.78, 5) is 23.9. The highest BCUT2D eigenvalue weighted by Crippen LogP contribution is 2.35. The number of nitrogens with zero attached hydrogens (tertiary/aromatic N) is 1. The molecular formula is C16H21N3O5S. The molecule has 2 fully saturated rings. The zero-order valence-electron chi connectivity index (χ0n) is 14.3. The molecule has 3 rings (SSSR count). The number of carbonyl (C=O) groups is 2. The number of imide groups is 1. The Morgan fingerprint density at radius 3 is 2.56 bits per heavy atom. The zero-order valence-corrected chi connectivity index (χ0v) is 15.1. The van der Waals surface area contributed by atoms with Crippen LogP contribution in [0.3, 0.4) is 0 Å². The van der Waals surface area contributed by atoms with E-state index >= 15 is 0 Å². The number of nitrogens with one attached hydrogen (secondary N) is 2. The molecule has 0 spiro atoms. The first-order valence-corrected chi connectivity index (χ1v) is 9.45. The summed E-state index contributed by atoms with van der Waals surface area (Å²) in [6.45, 7) is 4.46. The van der Waals surface area contributed by atoms with Crippen LogP contribution in [-0.2, 0) is 20.4 Å². The Labute approximate surface area is 146 Å². The van der Waals surface area contributed by atoms with Gasteiger partial charge in [-0.1, -0.05) is 6.92 Å². The van der Waals surface area contributed by atoms with Crippen LogP contribution >= 0.6 is 0 Å². The van der Waals surface area contributed by atoms with Crippen LogP contribution in [-0.4, -0.2) is 44.9 Å². The Kier molecular flexibility index (Phi) is 4.24. The van der Waals surface area contributed by atoms with Gasteiger partial charge in [0.05, 0.1) is 12.0 Å². The minimum absolute atomic E-state index is 0.0765. The molecule has 2 aliphatic heterocycles. The van der Waals surface area contributed by atoms with Crippen LogP contribution in [0.15, 0.2) is 23.1 Å². The van der Waals surface area contributed by atoms with E-state index in [-0.39, 0.29) is 4.90 Å². The van der Waals surface area contributed by atoms with Crippen LogP contribution in [0.4, 0.5) is 4.79 Å². The SMILES string of the molecule is COc1ccc(S(=O)(=O)N2CC[C@H](C)C2)cc1[C@]1(C)NC(=O)NC1=O. The first kappa shape index (κ1) is 17.7. The van der Waals surface area contributed by atoms with E-state index in [1.54, 1.807) is 0 Å². The third-order valence-electron chi connectivity index (χ3n) is 4.78. The van der Waals surface area contributed by atoms with E-state index < -0.39 is 27.5 Å². The number of amides is 3. The Morgan fingerprint density at radius 1 is 1.32 bits per heavy atom. The fourth-order valence-electron chi connectivity index (χ4n) is 3.23. The van der Waals surface area contributed by atoms with E-state index in [0.29, 0.717) is 30.3 Å². The molecule has 2 saturated heterocycles. The number of methoxy groups -OCH3 is 1. The molecule has 0 saturated carbocycles. The van der Waals surface area contributed by atoms with Crippen LogP contribution in [0, 0.1) is 5.92 Å². The molecule has 3 amide bonds. The highest BCUT2D eigenvalue weighted by molar-refractivity contribution is 7.89. The van der Waals surface area contributed by atoms with Gasteiger partial charge in [0.15, 0.2) is 0 Å². The maximum absolute atomic E-state index is 12.9. The van der Waals surface area contributed by atoms with Crippen LogP contribution in [0.2, 0.25) is 0 Å². The topological polar surface area (TPSA) is 105 Å². The first-order valence-electron chi connectivity index (χ1n) is 8.00. The van der Waals surface area contributed by atoms with Gasteiger partial charge in [-0.05, 0) is 37.5 Å². The summed E-state index contributed by atoms with van der Waals surface area (Å²) >= 11 is 0. The van der Waals surface area contributed by atoms with Gasteiger partial charge in [-0.2, -0.15) is 4.31 Å². The highest BCUT2D eigenvalue weighted by atomic mass is 32.2. The first-order chi connectivity index (χ1) is 11.7. The summed E-state index contributed by atoms with van der Waals surface area (Å²) in [5.41, 5.74) is -1.10. The second-order valence-corrected chi connectivity index (χ2v) is 8.59. The fraction of sp³-hybridized carbons (Fsp3) is 0.500. The van der Waals surface area contributed by atoms with Gasteiger partial charge in [0.2, 0.25) is 10.0 Å². The molecule has 136 valence electrons. The molecule has 0 bridgehead atoms. The van der Waals surface area contributed by atoms with Crippen LogP contribution in [0.1, 0.15) is 25.8 Å². The summed E-state index contributed by atoms with van der Waals surface area (Å²) in [5, 5.41) is 4.71. The predicted octanol–water partition coefficient (Wildman–Crippen LogP) is 0.780. The molecule has 8 nitrogen and oxygen atoms in total. The van der Waals surface area contributed by atoms with Gasteiger partial charge in [-0.15, -0.1) is 0 Å². The largest absolute Gasteiger partial charge is 0.496 e. The van der Waals surface area contributed by atoms with E-state index in [9.17, 15) is 18.0 Å². The standard InChI is InChI=1S/C16H21N3O5S/c1-10-6-7-19(9-10)25(22,23)11-4-5-13(24-3)12(8-11)16(2)14(20)17-15(21)18-16/h4-5,8,10H,6-7,9H2,1-3H3,(H2,17,18,20,21)/t10-,16-/m0/s1. The van der Waals surface area contributed by atoms with Gasteiger partial charge in [0.25, 0.3) is 5.91 Å². The number of sulfonamides is 1. The maximum atomic E-state index is 12.9. The molecule has 2 N–H and O–H groups in total. The molecule has 0 aliphatic carbocycles. The smallest absolute Gasteiger partial charge is 0.322 e. The minimum Gasteiger partial charge on any atom is -0.496 e. The van der Waals surface area contributed by atoms with Crippen molar-refractivity contribution in [1.29, 1.82) is 0 Å². The summed E-state index contributed by atoms with van der Waals surface area (Å²) in [6.07, 6.45) is 0.818. The minimum atomic E-state index is -3.67. The van der Waals surface area contributed by atoms with Gasteiger partial charge < -0.3 is 10.1 Å². The summed E-state index contributed by atoms with van der Waals surface area (Å²) in [6, 6.07) is 3.74. The Morgan fingerprint density at radius 2 is 2.04 bits per heavy atom. The maximum Gasteiger partial charge on any atom is 0.322 e. The van der Waals surface area contributed by atoms with Crippen molar-refractivity contribution < 1.29 is 22.7 Å². The Balaban J connectivity index is 2.07. The molecule has 2 aliphatic rings. The van der Waals surface area contributed by atoms with Crippen molar-refractivity contribution in [2.24, 2.45) is 5.92 Å². The lowest BCUT2D eigenvalue weighted by molar-refractivity contribution is -0.123. The molecule has 1 aromatic rings. The fourth-order valence-corrected chi connectivity index (χ4v) is 4.83. The van der Waals surface area contributed by atoms with Crippen LogP contribution in [0.25, 0.3) is 0 Å². The molecule has 0 unspecified atom stereocenters. The second kappa shape index (κ2) is 5.99. The van der Waals surface area contributed by atoms with Crippen molar-refractivity contribution in [3.8, 4) is 5.75 Å². The zero-order chi connectivity index (χ0) is 18.4. The molecule has 9 heteroatoms. The normalized spacial score (nSPS) is 27.2. The monoisotopic (exact) mass is 367 g/mol. The van der Waals surface area contributed by atoms with Crippen LogP contribution in [0.5, 0.6) is 5.75 Å². The molecule has 0 aromatic heterocycles. The van der Waals surface area contributed by atoms with E-state index in [1.165, 1.54) is 36.5 Å². The average molecular weight is 367 g/mol. The van der Waals surface area contributed by atoms with Crippen LogP contribution < -0.4 is 15.4 Å². The van der Waals surface area contributed by atoms with Crippen molar-refractivity contribution in [1.82, 2.24) is 14.9 Å². The van der Waals surface area contributed by atoms with Crippen molar-refractivity contribution >= 4 is 22.0 Å². The Bertz CT molecular complexity index is 838. The lowest BCUT2D eigenvalue weighted by Gasteiger charge is -2.25. The molecule has 2 heterocycles.